The van der Waals surface area contributed by atoms with E-state index in [-0.39, 0.29) is 12.4 Å². The quantitative estimate of drug-likeness (QED) is 0.399. The molecule has 26 heavy (non-hydrogen) atoms. The molecule has 140 valence electrons. The third-order valence-electron chi connectivity index (χ3n) is 3.29. The van der Waals surface area contributed by atoms with E-state index in [1.807, 2.05) is 25.1 Å². The third-order valence-corrected chi connectivity index (χ3v) is 3.29. The van der Waals surface area contributed by atoms with Crippen LogP contribution in [0, 0.1) is 0 Å². The molecule has 9 heteroatoms. The number of halogens is 3. The molecule has 3 N–H and O–H groups in total. The van der Waals surface area contributed by atoms with E-state index in [0.717, 1.165) is 11.8 Å². The van der Waals surface area contributed by atoms with Gasteiger partial charge in [-0.1, -0.05) is 6.07 Å². The van der Waals surface area contributed by atoms with Gasteiger partial charge in [-0.25, -0.2) is 9.98 Å². The Kier molecular flexibility index (Phi) is 7.19. The Morgan fingerprint density at radius 3 is 2.54 bits per heavy atom. The fourth-order valence-electron chi connectivity index (χ4n) is 2.13. The molecule has 0 saturated carbocycles. The lowest BCUT2D eigenvalue weighted by Gasteiger charge is -2.14. The lowest BCUT2D eigenvalue weighted by Crippen LogP contribution is -2.39. The van der Waals surface area contributed by atoms with Crippen LogP contribution in [0.5, 0.6) is 0 Å². The molecule has 0 amide bonds. The Balaban J connectivity index is 1.87. The van der Waals surface area contributed by atoms with Crippen molar-refractivity contribution in [1.29, 1.82) is 0 Å². The Morgan fingerprint density at radius 2 is 1.85 bits per heavy atom. The van der Waals surface area contributed by atoms with Gasteiger partial charge in [-0.2, -0.15) is 13.2 Å². The van der Waals surface area contributed by atoms with E-state index >= 15 is 0 Å². The van der Waals surface area contributed by atoms with Crippen LogP contribution in [0.25, 0.3) is 0 Å². The minimum Gasteiger partial charge on any atom is -0.368 e. The summed E-state index contributed by atoms with van der Waals surface area (Å²) in [6.07, 6.45) is -1.42. The topological polar surface area (TPSA) is 74.2 Å². The van der Waals surface area contributed by atoms with Crippen LogP contribution in [0.1, 0.15) is 18.2 Å². The predicted octanol–water partition coefficient (Wildman–Crippen LogP) is 2.66. The summed E-state index contributed by atoms with van der Waals surface area (Å²) in [7, 11) is 0. The van der Waals surface area contributed by atoms with Gasteiger partial charge in [0.25, 0.3) is 0 Å². The summed E-state index contributed by atoms with van der Waals surface area (Å²) in [5.74, 6) is 0.384. The normalized spacial score (nSPS) is 11.9. The molecule has 0 bridgehead atoms. The van der Waals surface area contributed by atoms with Crippen molar-refractivity contribution in [2.24, 2.45) is 4.99 Å². The standard InChI is InChI=1S/C17H21F3N6/c1-2-21-16(26-12-13-6-3-4-8-22-13)25-11-10-24-15-14(17(18,19)20)7-5-9-23-15/h3-9H,2,10-12H2,1H3,(H,23,24)(H2,21,25,26). The van der Waals surface area contributed by atoms with Gasteiger partial charge in [0.05, 0.1) is 17.8 Å². The van der Waals surface area contributed by atoms with Gasteiger partial charge in [0, 0.05) is 32.0 Å². The highest BCUT2D eigenvalue weighted by molar-refractivity contribution is 5.79. The van der Waals surface area contributed by atoms with E-state index in [9.17, 15) is 13.2 Å². The van der Waals surface area contributed by atoms with Crippen LogP contribution in [0.2, 0.25) is 0 Å². The summed E-state index contributed by atoms with van der Waals surface area (Å²) in [5, 5.41) is 8.84. The number of anilines is 1. The molecule has 0 aliphatic heterocycles. The molecule has 0 radical (unpaired) electrons. The minimum absolute atomic E-state index is 0.183. The van der Waals surface area contributed by atoms with E-state index in [4.69, 9.17) is 0 Å². The Bertz CT molecular complexity index is 703. The Labute approximate surface area is 150 Å². The largest absolute Gasteiger partial charge is 0.419 e. The van der Waals surface area contributed by atoms with E-state index in [1.165, 1.54) is 12.3 Å². The Hall–Kier alpha value is -2.84. The highest BCUT2D eigenvalue weighted by Crippen LogP contribution is 2.33. The number of nitrogens with zero attached hydrogens (tertiary/aromatic N) is 3. The van der Waals surface area contributed by atoms with Crippen LogP contribution < -0.4 is 16.0 Å². The zero-order valence-electron chi connectivity index (χ0n) is 14.3. The van der Waals surface area contributed by atoms with Gasteiger partial charge < -0.3 is 16.0 Å². The average molecular weight is 366 g/mol. The van der Waals surface area contributed by atoms with Gasteiger partial charge >= 0.3 is 6.18 Å². The van der Waals surface area contributed by atoms with E-state index in [1.54, 1.807) is 6.20 Å². The molecule has 0 atom stereocenters. The van der Waals surface area contributed by atoms with Crippen LogP contribution in [0.3, 0.4) is 0 Å². The number of alkyl halides is 3. The summed E-state index contributed by atoms with van der Waals surface area (Å²) < 4.78 is 38.8. The molecule has 2 rings (SSSR count). The first-order chi connectivity index (χ1) is 12.5. The summed E-state index contributed by atoms with van der Waals surface area (Å²) in [5.41, 5.74) is 0.0434. The molecular formula is C17H21F3N6. The number of hydrogen-bond donors (Lipinski definition) is 3. The number of aliphatic imine (C=N–C) groups is 1. The van der Waals surface area contributed by atoms with Gasteiger partial charge in [0.2, 0.25) is 0 Å². The third kappa shape index (κ3) is 6.23. The zero-order chi connectivity index (χ0) is 18.8. The van der Waals surface area contributed by atoms with Crippen LogP contribution in [-0.2, 0) is 12.7 Å². The molecule has 0 unspecified atom stereocenters. The lowest BCUT2D eigenvalue weighted by atomic mass is 10.2. The van der Waals surface area contributed by atoms with Crippen molar-refractivity contribution in [3.05, 3.63) is 54.0 Å². The van der Waals surface area contributed by atoms with Crippen molar-refractivity contribution >= 4 is 11.8 Å². The maximum atomic E-state index is 12.9. The highest BCUT2D eigenvalue weighted by Gasteiger charge is 2.33. The van der Waals surface area contributed by atoms with Crippen molar-refractivity contribution in [3.8, 4) is 0 Å². The van der Waals surface area contributed by atoms with Crippen molar-refractivity contribution in [2.75, 3.05) is 25.0 Å². The minimum atomic E-state index is -4.44. The van der Waals surface area contributed by atoms with Gasteiger partial charge in [0.15, 0.2) is 5.96 Å². The van der Waals surface area contributed by atoms with Crippen LogP contribution in [-0.4, -0.2) is 35.6 Å². The maximum absolute atomic E-state index is 12.9. The number of aromatic nitrogens is 2. The highest BCUT2D eigenvalue weighted by atomic mass is 19.4. The number of nitrogens with one attached hydrogen (secondary N) is 3. The van der Waals surface area contributed by atoms with Crippen LogP contribution in [0.4, 0.5) is 19.0 Å². The lowest BCUT2D eigenvalue weighted by molar-refractivity contribution is -0.137. The summed E-state index contributed by atoms with van der Waals surface area (Å²) in [6.45, 7) is 3.64. The first kappa shape index (κ1) is 19.5. The van der Waals surface area contributed by atoms with Crippen molar-refractivity contribution in [3.63, 3.8) is 0 Å². The van der Waals surface area contributed by atoms with Gasteiger partial charge in [-0.3, -0.25) is 4.98 Å². The number of rotatable bonds is 7. The molecule has 6 nitrogen and oxygen atoms in total. The molecule has 2 heterocycles. The monoisotopic (exact) mass is 366 g/mol. The molecule has 0 aliphatic rings. The fourth-order valence-corrected chi connectivity index (χ4v) is 2.13. The average Bonchev–Trinajstić information content (AvgIpc) is 2.63. The predicted molar refractivity (Wildman–Crippen MR) is 94.8 cm³/mol. The van der Waals surface area contributed by atoms with E-state index < -0.39 is 11.7 Å². The summed E-state index contributed by atoms with van der Waals surface area (Å²) >= 11 is 0. The van der Waals surface area contributed by atoms with Crippen molar-refractivity contribution in [1.82, 2.24) is 20.6 Å². The van der Waals surface area contributed by atoms with E-state index in [2.05, 4.69) is 30.9 Å². The molecule has 0 spiro atoms. The van der Waals surface area contributed by atoms with E-state index in [0.29, 0.717) is 25.6 Å². The fraction of sp³-hybridized carbons (Fsp3) is 0.353. The first-order valence-corrected chi connectivity index (χ1v) is 8.19. The smallest absolute Gasteiger partial charge is 0.368 e. The van der Waals surface area contributed by atoms with Crippen LogP contribution >= 0.6 is 0 Å². The molecule has 0 aliphatic carbocycles. The molecule has 2 aromatic heterocycles. The second-order valence-electron chi connectivity index (χ2n) is 5.27. The number of hydrogen-bond acceptors (Lipinski definition) is 4. The Morgan fingerprint density at radius 1 is 1.04 bits per heavy atom. The van der Waals surface area contributed by atoms with Gasteiger partial charge in [0.1, 0.15) is 5.82 Å². The molecule has 0 fully saturated rings. The number of guanidine groups is 1. The maximum Gasteiger partial charge on any atom is 0.419 e. The molecular weight excluding hydrogens is 345 g/mol. The van der Waals surface area contributed by atoms with Gasteiger partial charge in [-0.05, 0) is 31.2 Å². The summed E-state index contributed by atoms with van der Waals surface area (Å²) in [4.78, 5) is 12.3. The molecule has 0 aromatic carbocycles. The SMILES string of the molecule is CCNC(=NCc1ccccn1)NCCNc1ncccc1C(F)(F)F. The molecule has 0 saturated heterocycles. The second-order valence-corrected chi connectivity index (χ2v) is 5.27. The van der Waals surface area contributed by atoms with Gasteiger partial charge in [-0.15, -0.1) is 0 Å². The number of pyridine rings is 2. The molecule has 2 aromatic rings. The first-order valence-electron chi connectivity index (χ1n) is 8.19. The van der Waals surface area contributed by atoms with Crippen molar-refractivity contribution < 1.29 is 13.2 Å². The zero-order valence-corrected chi connectivity index (χ0v) is 14.3. The van der Waals surface area contributed by atoms with Crippen molar-refractivity contribution in [2.45, 2.75) is 19.6 Å². The summed E-state index contributed by atoms with van der Waals surface area (Å²) in [6, 6.07) is 7.84. The van der Waals surface area contributed by atoms with Crippen LogP contribution in [0.15, 0.2) is 47.7 Å². The second kappa shape index (κ2) is 9.59.